The predicted molar refractivity (Wildman–Crippen MR) is 76.8 cm³/mol. The molecule has 0 spiro atoms. The number of aliphatic hydroxyl groups excluding tert-OH is 1. The molecule has 0 aliphatic carbocycles. The fraction of sp³-hybridized carbons (Fsp3) is 0.438. The van der Waals surface area contributed by atoms with Gasteiger partial charge in [-0.05, 0) is 31.5 Å². The average Bonchev–Trinajstić information content (AvgIpc) is 2.44. The Labute approximate surface area is 119 Å². The topological polar surface area (TPSA) is 40.5 Å². The number of aliphatic hydroxyl groups is 1. The molecule has 3 nitrogen and oxygen atoms in total. The number of carbonyl (C=O) groups excluding carboxylic acids is 1. The van der Waals surface area contributed by atoms with Gasteiger partial charge in [-0.15, -0.1) is 0 Å². The van der Waals surface area contributed by atoms with Crippen LogP contribution in [0.3, 0.4) is 0 Å². The van der Waals surface area contributed by atoms with E-state index in [1.165, 1.54) is 12.1 Å². The molecule has 1 amide bonds. The van der Waals surface area contributed by atoms with E-state index in [0.717, 1.165) is 12.8 Å². The first kappa shape index (κ1) is 16.2. The van der Waals surface area contributed by atoms with E-state index in [9.17, 15) is 9.18 Å². The number of benzene rings is 1. The largest absolute Gasteiger partial charge is 0.384 e. The molecule has 20 heavy (non-hydrogen) atoms. The third-order valence-corrected chi connectivity index (χ3v) is 3.20. The summed E-state index contributed by atoms with van der Waals surface area (Å²) < 4.78 is 14.0. The number of amides is 1. The zero-order chi connectivity index (χ0) is 15.1. The van der Waals surface area contributed by atoms with Crippen LogP contribution in [0.5, 0.6) is 0 Å². The zero-order valence-electron chi connectivity index (χ0n) is 12.1. The smallest absolute Gasteiger partial charge is 0.256 e. The Morgan fingerprint density at radius 1 is 1.50 bits per heavy atom. The Balaban J connectivity index is 2.94. The van der Waals surface area contributed by atoms with Crippen LogP contribution < -0.4 is 0 Å². The lowest BCUT2D eigenvalue weighted by molar-refractivity contribution is 0.0732. The molecule has 0 aromatic heterocycles. The van der Waals surface area contributed by atoms with E-state index >= 15 is 0 Å². The Bertz CT molecular complexity index is 531. The summed E-state index contributed by atoms with van der Waals surface area (Å²) in [5.74, 6) is 4.13. The fourth-order valence-electron chi connectivity index (χ4n) is 1.91. The van der Waals surface area contributed by atoms with Crippen LogP contribution in [0.1, 0.15) is 42.6 Å². The highest BCUT2D eigenvalue weighted by molar-refractivity contribution is 5.94. The van der Waals surface area contributed by atoms with Gasteiger partial charge >= 0.3 is 0 Å². The van der Waals surface area contributed by atoms with Gasteiger partial charge < -0.3 is 10.0 Å². The van der Waals surface area contributed by atoms with Crippen molar-refractivity contribution in [3.63, 3.8) is 0 Å². The van der Waals surface area contributed by atoms with Crippen molar-refractivity contribution in [1.82, 2.24) is 4.90 Å². The van der Waals surface area contributed by atoms with Crippen molar-refractivity contribution < 1.29 is 14.3 Å². The molecule has 0 aliphatic rings. The molecule has 1 aromatic carbocycles. The second-order valence-corrected chi connectivity index (χ2v) is 4.71. The minimum atomic E-state index is -0.588. The summed E-state index contributed by atoms with van der Waals surface area (Å²) in [6, 6.07) is 4.31. The monoisotopic (exact) mass is 277 g/mol. The summed E-state index contributed by atoms with van der Waals surface area (Å²) in [5.41, 5.74) is 0.488. The van der Waals surface area contributed by atoms with Crippen LogP contribution >= 0.6 is 0 Å². The number of hydrogen-bond acceptors (Lipinski definition) is 2. The standard InChI is InChI=1S/C16H20FNO2/c1-4-6-12(2)18(3)16(20)14-9-8-13(7-5-10-19)11-15(14)17/h8-9,11-12,19H,4,6,10H2,1-3H3. The maximum absolute atomic E-state index is 14.0. The van der Waals surface area contributed by atoms with E-state index in [1.807, 2.05) is 13.8 Å². The molecule has 0 radical (unpaired) electrons. The van der Waals surface area contributed by atoms with Crippen LogP contribution in [0.4, 0.5) is 4.39 Å². The highest BCUT2D eigenvalue weighted by atomic mass is 19.1. The number of rotatable bonds is 4. The first-order valence-corrected chi connectivity index (χ1v) is 6.67. The third-order valence-electron chi connectivity index (χ3n) is 3.20. The number of carbonyl (C=O) groups is 1. The van der Waals surface area contributed by atoms with E-state index in [0.29, 0.717) is 5.56 Å². The van der Waals surface area contributed by atoms with Gasteiger partial charge in [0.2, 0.25) is 0 Å². The normalized spacial score (nSPS) is 11.4. The number of halogens is 1. The predicted octanol–water partition coefficient (Wildman–Crippen LogP) is 2.43. The molecule has 1 aromatic rings. The molecule has 1 atom stereocenters. The van der Waals surface area contributed by atoms with Crippen molar-refractivity contribution in [3.8, 4) is 11.8 Å². The summed E-state index contributed by atoms with van der Waals surface area (Å²) in [7, 11) is 1.68. The molecule has 0 saturated heterocycles. The maximum Gasteiger partial charge on any atom is 0.256 e. The average molecular weight is 277 g/mol. The van der Waals surface area contributed by atoms with E-state index in [4.69, 9.17) is 5.11 Å². The van der Waals surface area contributed by atoms with Crippen LogP contribution in [0.25, 0.3) is 0 Å². The summed E-state index contributed by atoms with van der Waals surface area (Å²) in [5, 5.41) is 8.60. The van der Waals surface area contributed by atoms with E-state index < -0.39 is 5.82 Å². The van der Waals surface area contributed by atoms with Gasteiger partial charge in [-0.1, -0.05) is 25.2 Å². The molecule has 1 rings (SSSR count). The second kappa shape index (κ2) is 7.66. The Hall–Kier alpha value is -1.86. The highest BCUT2D eigenvalue weighted by Gasteiger charge is 2.19. The molecule has 0 bridgehead atoms. The minimum absolute atomic E-state index is 0.0463. The molecule has 1 N–H and O–H groups in total. The third kappa shape index (κ3) is 4.07. The lowest BCUT2D eigenvalue weighted by Crippen LogP contribution is -2.35. The van der Waals surface area contributed by atoms with Crippen molar-refractivity contribution in [3.05, 3.63) is 35.1 Å². The van der Waals surface area contributed by atoms with E-state index in [1.54, 1.807) is 18.0 Å². The Morgan fingerprint density at radius 2 is 2.20 bits per heavy atom. The number of nitrogens with zero attached hydrogens (tertiary/aromatic N) is 1. The fourth-order valence-corrected chi connectivity index (χ4v) is 1.91. The maximum atomic E-state index is 14.0. The van der Waals surface area contributed by atoms with E-state index in [2.05, 4.69) is 11.8 Å². The van der Waals surface area contributed by atoms with Gasteiger partial charge in [0.05, 0.1) is 5.56 Å². The zero-order valence-corrected chi connectivity index (χ0v) is 12.1. The van der Waals surface area contributed by atoms with Crippen molar-refractivity contribution in [1.29, 1.82) is 0 Å². The first-order valence-electron chi connectivity index (χ1n) is 6.67. The van der Waals surface area contributed by atoms with Gasteiger partial charge in [-0.25, -0.2) is 4.39 Å². The van der Waals surface area contributed by atoms with Crippen molar-refractivity contribution in [2.75, 3.05) is 13.7 Å². The molecule has 0 fully saturated rings. The molecule has 0 saturated carbocycles. The SMILES string of the molecule is CCCC(C)N(C)C(=O)c1ccc(C#CCO)cc1F. The molecular formula is C16H20FNO2. The Morgan fingerprint density at radius 3 is 2.75 bits per heavy atom. The number of hydrogen-bond donors (Lipinski definition) is 1. The summed E-state index contributed by atoms with van der Waals surface area (Å²) in [6.07, 6.45) is 1.85. The molecule has 108 valence electrons. The van der Waals surface area contributed by atoms with Crippen LogP contribution in [0.2, 0.25) is 0 Å². The lowest BCUT2D eigenvalue weighted by atomic mass is 10.1. The van der Waals surface area contributed by atoms with Crippen LogP contribution in [0.15, 0.2) is 18.2 Å². The first-order chi connectivity index (χ1) is 9.51. The quantitative estimate of drug-likeness (QED) is 0.859. The highest BCUT2D eigenvalue weighted by Crippen LogP contribution is 2.15. The Kier molecular flexibility index (Phi) is 6.20. The summed E-state index contributed by atoms with van der Waals surface area (Å²) >= 11 is 0. The summed E-state index contributed by atoms with van der Waals surface area (Å²) in [4.78, 5) is 13.8. The van der Waals surface area contributed by atoms with Gasteiger partial charge in [0, 0.05) is 18.7 Å². The van der Waals surface area contributed by atoms with Crippen LogP contribution in [0, 0.1) is 17.7 Å². The van der Waals surface area contributed by atoms with Gasteiger partial charge in [-0.3, -0.25) is 4.79 Å². The molecule has 0 heterocycles. The summed E-state index contributed by atoms with van der Waals surface area (Å²) in [6.45, 7) is 3.71. The molecular weight excluding hydrogens is 257 g/mol. The van der Waals surface area contributed by atoms with Gasteiger partial charge in [0.1, 0.15) is 12.4 Å². The van der Waals surface area contributed by atoms with Crippen molar-refractivity contribution in [2.24, 2.45) is 0 Å². The van der Waals surface area contributed by atoms with Crippen LogP contribution in [-0.4, -0.2) is 35.6 Å². The van der Waals surface area contributed by atoms with Gasteiger partial charge in [0.25, 0.3) is 5.91 Å². The molecule has 0 aliphatic heterocycles. The second-order valence-electron chi connectivity index (χ2n) is 4.71. The van der Waals surface area contributed by atoms with E-state index in [-0.39, 0.29) is 24.1 Å². The van der Waals surface area contributed by atoms with Gasteiger partial charge in [0.15, 0.2) is 0 Å². The molecule has 1 unspecified atom stereocenters. The van der Waals surface area contributed by atoms with Crippen molar-refractivity contribution in [2.45, 2.75) is 32.7 Å². The van der Waals surface area contributed by atoms with Crippen LogP contribution in [-0.2, 0) is 0 Å². The van der Waals surface area contributed by atoms with Crippen molar-refractivity contribution >= 4 is 5.91 Å². The lowest BCUT2D eigenvalue weighted by Gasteiger charge is -2.24. The molecule has 4 heteroatoms. The van der Waals surface area contributed by atoms with Gasteiger partial charge in [-0.2, -0.15) is 0 Å². The minimum Gasteiger partial charge on any atom is -0.384 e.